The highest BCUT2D eigenvalue weighted by molar-refractivity contribution is 6.03. The zero-order valence-corrected chi connectivity index (χ0v) is 12.4. The van der Waals surface area contributed by atoms with Gasteiger partial charge in [0.1, 0.15) is 0 Å². The largest absolute Gasteiger partial charge is 0.465 e. The first-order valence-corrected chi connectivity index (χ1v) is 6.87. The molecule has 0 atom stereocenters. The summed E-state index contributed by atoms with van der Waals surface area (Å²) in [4.78, 5) is 22.9. The van der Waals surface area contributed by atoms with Crippen molar-refractivity contribution in [2.24, 2.45) is 7.05 Å². The van der Waals surface area contributed by atoms with Gasteiger partial charge in [0.2, 0.25) is 0 Å². The van der Waals surface area contributed by atoms with E-state index in [9.17, 15) is 9.59 Å². The third-order valence-electron chi connectivity index (χ3n) is 3.79. The second kappa shape index (κ2) is 5.48. The summed E-state index contributed by atoms with van der Waals surface area (Å²) >= 11 is 0. The predicted molar refractivity (Wildman–Crippen MR) is 85.1 cm³/mol. The Morgan fingerprint density at radius 1 is 1.14 bits per heavy atom. The number of ether oxygens (including phenoxy) is 1. The Bertz CT molecular complexity index is 877. The molecule has 4 heteroatoms. The number of aldehydes is 1. The van der Waals surface area contributed by atoms with Crippen molar-refractivity contribution in [2.45, 2.75) is 0 Å². The minimum Gasteiger partial charge on any atom is -0.465 e. The molecule has 0 fully saturated rings. The topological polar surface area (TPSA) is 48.3 Å². The average Bonchev–Trinajstić information content (AvgIpc) is 2.90. The molecule has 1 heterocycles. The summed E-state index contributed by atoms with van der Waals surface area (Å²) in [5.74, 6) is -0.363. The third kappa shape index (κ3) is 2.19. The van der Waals surface area contributed by atoms with Crippen LogP contribution in [0.15, 0.2) is 48.7 Å². The summed E-state index contributed by atoms with van der Waals surface area (Å²) < 4.78 is 6.70. The normalized spacial score (nSPS) is 10.6. The second-order valence-electron chi connectivity index (χ2n) is 5.08. The Balaban J connectivity index is 2.24. The minimum atomic E-state index is -0.363. The smallest absolute Gasteiger partial charge is 0.337 e. The quantitative estimate of drug-likeness (QED) is 0.549. The van der Waals surface area contributed by atoms with Crippen molar-refractivity contribution in [3.63, 3.8) is 0 Å². The van der Waals surface area contributed by atoms with Crippen molar-refractivity contribution in [1.82, 2.24) is 4.57 Å². The molecule has 0 unspecified atom stereocenters. The molecule has 1 aromatic heterocycles. The molecule has 0 aliphatic carbocycles. The van der Waals surface area contributed by atoms with Gasteiger partial charge in [0.05, 0.1) is 12.7 Å². The molecule has 3 rings (SSSR count). The molecule has 0 aliphatic heterocycles. The van der Waals surface area contributed by atoms with Crippen LogP contribution in [-0.2, 0) is 11.8 Å². The SMILES string of the molecule is COC(=O)c1ccc2c(-c3ccccc3C=O)cn(C)c2c1. The highest BCUT2D eigenvalue weighted by Gasteiger charge is 2.14. The molecule has 2 aromatic carbocycles. The fourth-order valence-electron chi connectivity index (χ4n) is 2.69. The summed E-state index contributed by atoms with van der Waals surface area (Å²) in [5, 5.41) is 0.990. The lowest BCUT2D eigenvalue weighted by molar-refractivity contribution is 0.0601. The van der Waals surface area contributed by atoms with Gasteiger partial charge in [-0.05, 0) is 17.7 Å². The van der Waals surface area contributed by atoms with E-state index in [1.165, 1.54) is 7.11 Å². The number of nitrogens with zero attached hydrogens (tertiary/aromatic N) is 1. The monoisotopic (exact) mass is 293 g/mol. The van der Waals surface area contributed by atoms with Gasteiger partial charge in [-0.1, -0.05) is 30.3 Å². The number of hydrogen-bond acceptors (Lipinski definition) is 3. The van der Waals surface area contributed by atoms with Crippen molar-refractivity contribution < 1.29 is 14.3 Å². The van der Waals surface area contributed by atoms with E-state index < -0.39 is 0 Å². The number of carbonyl (C=O) groups is 2. The third-order valence-corrected chi connectivity index (χ3v) is 3.79. The van der Waals surface area contributed by atoms with Gasteiger partial charge in [0, 0.05) is 35.3 Å². The number of carbonyl (C=O) groups excluding carboxylic acids is 2. The van der Waals surface area contributed by atoms with Crippen LogP contribution in [0.3, 0.4) is 0 Å². The van der Waals surface area contributed by atoms with Crippen LogP contribution in [-0.4, -0.2) is 23.9 Å². The standard InChI is InChI=1S/C18H15NO3/c1-19-10-16(14-6-4-3-5-13(14)11-20)15-8-7-12(9-17(15)19)18(21)22-2/h3-11H,1-2H3. The molecule has 0 aliphatic rings. The van der Waals surface area contributed by atoms with Crippen LogP contribution < -0.4 is 0 Å². The fourth-order valence-corrected chi connectivity index (χ4v) is 2.69. The Morgan fingerprint density at radius 3 is 2.64 bits per heavy atom. The average molecular weight is 293 g/mol. The number of benzene rings is 2. The first kappa shape index (κ1) is 14.1. The lowest BCUT2D eigenvalue weighted by Crippen LogP contribution is -2.00. The Morgan fingerprint density at radius 2 is 1.91 bits per heavy atom. The van der Waals surface area contributed by atoms with Crippen molar-refractivity contribution in [2.75, 3.05) is 7.11 Å². The first-order valence-electron chi connectivity index (χ1n) is 6.87. The van der Waals surface area contributed by atoms with E-state index in [2.05, 4.69) is 0 Å². The van der Waals surface area contributed by atoms with E-state index in [4.69, 9.17) is 4.74 Å². The van der Waals surface area contributed by atoms with Crippen molar-refractivity contribution in [3.8, 4) is 11.1 Å². The van der Waals surface area contributed by atoms with Crippen LogP contribution in [0, 0.1) is 0 Å². The molecule has 22 heavy (non-hydrogen) atoms. The Labute approximate surface area is 127 Å². The van der Waals surface area contributed by atoms with Gasteiger partial charge < -0.3 is 9.30 Å². The molecule has 110 valence electrons. The molecule has 3 aromatic rings. The number of rotatable bonds is 3. The number of fused-ring (bicyclic) bond motifs is 1. The zero-order valence-electron chi connectivity index (χ0n) is 12.4. The van der Waals surface area contributed by atoms with Gasteiger partial charge in [-0.25, -0.2) is 4.79 Å². The van der Waals surface area contributed by atoms with E-state index in [0.717, 1.165) is 28.3 Å². The molecule has 0 saturated carbocycles. The van der Waals surface area contributed by atoms with Gasteiger partial charge >= 0.3 is 5.97 Å². The molecule has 0 N–H and O–H groups in total. The van der Waals surface area contributed by atoms with Gasteiger partial charge in [-0.3, -0.25) is 4.79 Å². The number of aryl methyl sites for hydroxylation is 1. The fraction of sp³-hybridized carbons (Fsp3) is 0.111. The molecule has 0 radical (unpaired) electrons. The lowest BCUT2D eigenvalue weighted by Gasteiger charge is -2.04. The van der Waals surface area contributed by atoms with E-state index in [0.29, 0.717) is 11.1 Å². The maximum Gasteiger partial charge on any atom is 0.337 e. The van der Waals surface area contributed by atoms with Crippen molar-refractivity contribution in [3.05, 3.63) is 59.8 Å². The van der Waals surface area contributed by atoms with Crippen molar-refractivity contribution in [1.29, 1.82) is 0 Å². The molecule has 0 spiro atoms. The summed E-state index contributed by atoms with van der Waals surface area (Å²) in [5.41, 5.74) is 3.92. The van der Waals surface area contributed by atoms with E-state index in [1.54, 1.807) is 18.2 Å². The van der Waals surface area contributed by atoms with Gasteiger partial charge in [-0.15, -0.1) is 0 Å². The van der Waals surface area contributed by atoms with E-state index >= 15 is 0 Å². The molecule has 0 saturated heterocycles. The Hall–Kier alpha value is -2.88. The van der Waals surface area contributed by atoms with Crippen LogP contribution in [0.25, 0.3) is 22.0 Å². The molecule has 4 nitrogen and oxygen atoms in total. The second-order valence-corrected chi connectivity index (χ2v) is 5.08. The Kier molecular flexibility index (Phi) is 3.51. The van der Waals surface area contributed by atoms with Crippen LogP contribution in [0.4, 0.5) is 0 Å². The summed E-state index contributed by atoms with van der Waals surface area (Å²) in [6.45, 7) is 0. The van der Waals surface area contributed by atoms with E-state index in [-0.39, 0.29) is 5.97 Å². The van der Waals surface area contributed by atoms with Gasteiger partial charge in [0.25, 0.3) is 0 Å². The highest BCUT2D eigenvalue weighted by Crippen LogP contribution is 2.32. The summed E-state index contributed by atoms with van der Waals surface area (Å²) in [7, 11) is 3.28. The maximum atomic E-state index is 11.7. The number of aromatic nitrogens is 1. The predicted octanol–water partition coefficient (Wildman–Crippen LogP) is 3.44. The summed E-state index contributed by atoms with van der Waals surface area (Å²) in [6, 6.07) is 12.9. The maximum absolute atomic E-state index is 11.7. The molecule has 0 amide bonds. The molecular weight excluding hydrogens is 278 g/mol. The van der Waals surface area contributed by atoms with Gasteiger partial charge in [-0.2, -0.15) is 0 Å². The van der Waals surface area contributed by atoms with Crippen LogP contribution in [0.1, 0.15) is 20.7 Å². The number of hydrogen-bond donors (Lipinski definition) is 0. The zero-order chi connectivity index (χ0) is 15.7. The van der Waals surface area contributed by atoms with Crippen LogP contribution in [0.2, 0.25) is 0 Å². The van der Waals surface area contributed by atoms with Crippen molar-refractivity contribution >= 4 is 23.2 Å². The van der Waals surface area contributed by atoms with E-state index in [1.807, 2.05) is 42.1 Å². The molecular formula is C18H15NO3. The summed E-state index contributed by atoms with van der Waals surface area (Å²) in [6.07, 6.45) is 2.82. The number of esters is 1. The van der Waals surface area contributed by atoms with Crippen LogP contribution >= 0.6 is 0 Å². The van der Waals surface area contributed by atoms with Gasteiger partial charge in [0.15, 0.2) is 6.29 Å². The number of methoxy groups -OCH3 is 1. The highest BCUT2D eigenvalue weighted by atomic mass is 16.5. The molecule has 0 bridgehead atoms. The minimum absolute atomic E-state index is 0.363. The first-order chi connectivity index (χ1) is 10.7. The van der Waals surface area contributed by atoms with Crippen LogP contribution in [0.5, 0.6) is 0 Å². The lowest BCUT2D eigenvalue weighted by atomic mass is 9.99.